The number of rotatable bonds is 5. The molecule has 1 saturated heterocycles. The van der Waals surface area contributed by atoms with E-state index >= 15 is 0 Å². The summed E-state index contributed by atoms with van der Waals surface area (Å²) in [5.74, 6) is 1.10. The van der Waals surface area contributed by atoms with Crippen molar-refractivity contribution in [1.82, 2.24) is 4.57 Å². The van der Waals surface area contributed by atoms with Gasteiger partial charge in [-0.15, -0.1) is 12.6 Å². The zero-order valence-electron chi connectivity index (χ0n) is 14.0. The van der Waals surface area contributed by atoms with Gasteiger partial charge in [-0.05, 0) is 43.0 Å². The van der Waals surface area contributed by atoms with Crippen LogP contribution in [0.4, 0.5) is 5.69 Å². The van der Waals surface area contributed by atoms with Crippen LogP contribution in [-0.2, 0) is 17.7 Å². The summed E-state index contributed by atoms with van der Waals surface area (Å²) in [5, 5.41) is 3.37. The molecule has 6 heteroatoms. The van der Waals surface area contributed by atoms with Gasteiger partial charge in [-0.1, -0.05) is 6.07 Å². The fraction of sp³-hybridized carbons (Fsp3) is 0.421. The maximum Gasteiger partial charge on any atom is 0.253 e. The monoisotopic (exact) mass is 358 g/mol. The Morgan fingerprint density at radius 2 is 2.24 bits per heavy atom. The molecule has 25 heavy (non-hydrogen) atoms. The first kappa shape index (κ1) is 16.5. The lowest BCUT2D eigenvalue weighted by molar-refractivity contribution is 0.120. The lowest BCUT2D eigenvalue weighted by Crippen LogP contribution is -2.27. The summed E-state index contributed by atoms with van der Waals surface area (Å²) >= 11 is 4.12. The third-order valence-electron chi connectivity index (χ3n) is 4.88. The van der Waals surface area contributed by atoms with Gasteiger partial charge in [0.15, 0.2) is 0 Å². The van der Waals surface area contributed by atoms with Gasteiger partial charge in [0.2, 0.25) is 0 Å². The predicted octanol–water partition coefficient (Wildman–Crippen LogP) is 2.93. The van der Waals surface area contributed by atoms with Crippen molar-refractivity contribution in [2.45, 2.75) is 31.9 Å². The van der Waals surface area contributed by atoms with Gasteiger partial charge in [0.25, 0.3) is 5.56 Å². The molecule has 1 aromatic heterocycles. The number of aryl methyl sites for hydroxylation is 1. The summed E-state index contributed by atoms with van der Waals surface area (Å²) in [5.41, 5.74) is 4.11. The zero-order valence-corrected chi connectivity index (χ0v) is 14.9. The van der Waals surface area contributed by atoms with E-state index < -0.39 is 0 Å². The molecular weight excluding hydrogens is 336 g/mol. The average Bonchev–Trinajstić information content (AvgIpc) is 3.14. The largest absolute Gasteiger partial charge is 0.483 e. The van der Waals surface area contributed by atoms with Crippen molar-refractivity contribution in [3.8, 4) is 17.0 Å². The van der Waals surface area contributed by atoms with Crippen molar-refractivity contribution in [2.24, 2.45) is 0 Å². The Hall–Kier alpha value is -1.92. The van der Waals surface area contributed by atoms with E-state index in [4.69, 9.17) is 9.47 Å². The van der Waals surface area contributed by atoms with Crippen LogP contribution in [0.2, 0.25) is 0 Å². The summed E-state index contributed by atoms with van der Waals surface area (Å²) in [6.45, 7) is 2.28. The highest BCUT2D eigenvalue weighted by molar-refractivity contribution is 7.80. The van der Waals surface area contributed by atoms with Gasteiger partial charge in [0.1, 0.15) is 11.7 Å². The summed E-state index contributed by atoms with van der Waals surface area (Å²) in [4.78, 5) is 12.5. The molecule has 0 saturated carbocycles. The van der Waals surface area contributed by atoms with Gasteiger partial charge in [0, 0.05) is 37.0 Å². The van der Waals surface area contributed by atoms with E-state index in [2.05, 4.69) is 30.1 Å². The van der Waals surface area contributed by atoms with Crippen LogP contribution in [0.5, 0.6) is 5.75 Å². The van der Waals surface area contributed by atoms with E-state index in [-0.39, 0.29) is 11.7 Å². The molecule has 1 atom stereocenters. The molecule has 5 nitrogen and oxygen atoms in total. The lowest BCUT2D eigenvalue weighted by Gasteiger charge is -2.23. The third-order valence-corrected chi connectivity index (χ3v) is 5.01. The molecule has 0 aliphatic carbocycles. The van der Waals surface area contributed by atoms with Crippen LogP contribution in [-0.4, -0.2) is 29.8 Å². The molecule has 2 aliphatic heterocycles. The minimum absolute atomic E-state index is 0.0264. The number of aromatic nitrogens is 1. The van der Waals surface area contributed by atoms with Gasteiger partial charge in [-0.25, -0.2) is 0 Å². The Kier molecular flexibility index (Phi) is 4.72. The quantitative estimate of drug-likeness (QED) is 0.637. The molecule has 1 fully saturated rings. The Labute approximate surface area is 152 Å². The maximum absolute atomic E-state index is 12.5. The molecular formula is C19H22N2O3S. The number of nitrogens with zero attached hydrogens (tertiary/aromatic N) is 1. The van der Waals surface area contributed by atoms with Crippen LogP contribution in [0.15, 0.2) is 35.1 Å². The molecule has 0 radical (unpaired) electrons. The van der Waals surface area contributed by atoms with E-state index in [1.165, 1.54) is 5.56 Å². The predicted molar refractivity (Wildman–Crippen MR) is 102 cm³/mol. The number of ether oxygens (including phenoxy) is 2. The van der Waals surface area contributed by atoms with Gasteiger partial charge in [0.05, 0.1) is 11.8 Å². The topological polar surface area (TPSA) is 52.5 Å². The molecule has 3 heterocycles. The SMILES string of the molecule is O=c1cc(NC[C@H]2CCCO2)cc2n1CCc1ccc(OCS)cc1-2. The summed E-state index contributed by atoms with van der Waals surface area (Å²) in [6, 6.07) is 9.77. The van der Waals surface area contributed by atoms with E-state index in [1.807, 2.05) is 16.7 Å². The molecule has 0 amide bonds. The van der Waals surface area contributed by atoms with Crippen LogP contribution in [0.1, 0.15) is 18.4 Å². The number of benzene rings is 1. The fourth-order valence-corrected chi connectivity index (χ4v) is 3.75. The summed E-state index contributed by atoms with van der Waals surface area (Å²) in [6.07, 6.45) is 3.28. The molecule has 0 bridgehead atoms. The summed E-state index contributed by atoms with van der Waals surface area (Å²) in [7, 11) is 0. The van der Waals surface area contributed by atoms with Crippen molar-refractivity contribution >= 4 is 18.3 Å². The number of anilines is 1. The fourth-order valence-electron chi connectivity index (χ4n) is 3.60. The van der Waals surface area contributed by atoms with E-state index in [0.717, 1.165) is 55.1 Å². The normalized spacial score (nSPS) is 18.5. The van der Waals surface area contributed by atoms with E-state index in [9.17, 15) is 4.79 Å². The second kappa shape index (κ2) is 7.14. The standard InChI is InChI=1S/C19H22N2O3S/c22-19-9-14(20-11-16-2-1-7-23-16)8-18-17-10-15(24-12-25)4-3-13(17)5-6-21(18)19/h3-4,8-10,16,20,25H,1-2,5-7,11-12H2/t16-/m1/s1. The van der Waals surface area contributed by atoms with Crippen LogP contribution in [0, 0.1) is 0 Å². The Balaban J connectivity index is 1.66. The minimum atomic E-state index is 0.0264. The number of hydrogen-bond acceptors (Lipinski definition) is 5. The van der Waals surface area contributed by atoms with Crippen LogP contribution in [0.3, 0.4) is 0 Å². The molecule has 2 aliphatic rings. The highest BCUT2D eigenvalue weighted by atomic mass is 32.1. The number of pyridine rings is 1. The molecule has 0 unspecified atom stereocenters. The number of hydrogen-bond donors (Lipinski definition) is 2. The van der Waals surface area contributed by atoms with E-state index in [1.54, 1.807) is 6.07 Å². The highest BCUT2D eigenvalue weighted by Gasteiger charge is 2.19. The molecule has 1 N–H and O–H groups in total. The number of thiol groups is 1. The van der Waals surface area contributed by atoms with Crippen molar-refractivity contribution in [1.29, 1.82) is 0 Å². The minimum Gasteiger partial charge on any atom is -0.483 e. The first-order chi connectivity index (χ1) is 12.2. The Bertz CT molecular complexity index is 828. The van der Waals surface area contributed by atoms with Crippen LogP contribution in [0.25, 0.3) is 11.3 Å². The molecule has 132 valence electrons. The Morgan fingerprint density at radius 1 is 1.32 bits per heavy atom. The number of nitrogens with one attached hydrogen (secondary N) is 1. The van der Waals surface area contributed by atoms with Crippen molar-refractivity contribution in [3.05, 3.63) is 46.2 Å². The zero-order chi connectivity index (χ0) is 17.2. The molecule has 1 aromatic carbocycles. The first-order valence-electron chi connectivity index (χ1n) is 8.72. The van der Waals surface area contributed by atoms with Gasteiger partial charge < -0.3 is 19.4 Å². The first-order valence-corrected chi connectivity index (χ1v) is 9.35. The van der Waals surface area contributed by atoms with Crippen LogP contribution >= 0.6 is 12.6 Å². The van der Waals surface area contributed by atoms with E-state index in [0.29, 0.717) is 12.5 Å². The maximum atomic E-state index is 12.5. The van der Waals surface area contributed by atoms with Gasteiger partial charge in [-0.3, -0.25) is 4.79 Å². The Morgan fingerprint density at radius 3 is 3.04 bits per heavy atom. The van der Waals surface area contributed by atoms with Crippen LogP contribution < -0.4 is 15.6 Å². The number of fused-ring (bicyclic) bond motifs is 3. The van der Waals surface area contributed by atoms with Crippen molar-refractivity contribution in [2.75, 3.05) is 24.4 Å². The molecule has 2 aromatic rings. The van der Waals surface area contributed by atoms with Gasteiger partial charge >= 0.3 is 0 Å². The van der Waals surface area contributed by atoms with Crippen molar-refractivity contribution < 1.29 is 9.47 Å². The van der Waals surface area contributed by atoms with Crippen molar-refractivity contribution in [3.63, 3.8) is 0 Å². The second-order valence-corrected chi connectivity index (χ2v) is 6.74. The lowest BCUT2D eigenvalue weighted by atomic mass is 9.97. The summed E-state index contributed by atoms with van der Waals surface area (Å²) < 4.78 is 13.0. The third kappa shape index (κ3) is 3.41. The smallest absolute Gasteiger partial charge is 0.253 e. The molecule has 4 rings (SSSR count). The average molecular weight is 358 g/mol. The van der Waals surface area contributed by atoms with Gasteiger partial charge in [-0.2, -0.15) is 0 Å². The second-order valence-electron chi connectivity index (χ2n) is 6.48. The highest BCUT2D eigenvalue weighted by Crippen LogP contribution is 2.33. The molecule has 0 spiro atoms.